The molecule has 2 atom stereocenters. The Morgan fingerprint density at radius 2 is 1.80 bits per heavy atom. The van der Waals surface area contributed by atoms with Crippen LogP contribution in [0.5, 0.6) is 0 Å². The molecule has 2 aliphatic carbocycles. The third kappa shape index (κ3) is 3.19. The first-order chi connectivity index (χ1) is 9.76. The first-order valence-electron chi connectivity index (χ1n) is 7.88. The Hall–Kier alpha value is -0.570. The summed E-state index contributed by atoms with van der Waals surface area (Å²) in [6.07, 6.45) is 7.43. The van der Waals surface area contributed by atoms with E-state index < -0.39 is 0 Å². The van der Waals surface area contributed by atoms with Crippen molar-refractivity contribution in [3.8, 4) is 0 Å². The van der Waals surface area contributed by atoms with Crippen molar-refractivity contribution >= 4 is 11.6 Å². The van der Waals surface area contributed by atoms with Gasteiger partial charge in [0.2, 0.25) is 0 Å². The van der Waals surface area contributed by atoms with Gasteiger partial charge in [-0.3, -0.25) is 0 Å². The molecule has 2 unspecified atom stereocenters. The molecule has 2 saturated carbocycles. The number of nitrogens with one attached hydrogen (secondary N) is 1. The summed E-state index contributed by atoms with van der Waals surface area (Å²) in [7, 11) is 0. The molecule has 0 bridgehead atoms. The Balaban J connectivity index is 1.49. The topological polar surface area (TPSA) is 32.3 Å². The molecule has 2 fully saturated rings. The Labute approximate surface area is 126 Å². The Morgan fingerprint density at radius 1 is 1.10 bits per heavy atom. The van der Waals surface area contributed by atoms with E-state index >= 15 is 0 Å². The monoisotopic (exact) mass is 293 g/mol. The first kappa shape index (κ1) is 14.4. The minimum absolute atomic E-state index is 0.338. The van der Waals surface area contributed by atoms with Crippen molar-refractivity contribution in [2.45, 2.75) is 56.5 Å². The molecule has 1 aromatic rings. The summed E-state index contributed by atoms with van der Waals surface area (Å²) in [4.78, 5) is 0. The van der Waals surface area contributed by atoms with Gasteiger partial charge >= 0.3 is 0 Å². The van der Waals surface area contributed by atoms with Gasteiger partial charge in [0.1, 0.15) is 0 Å². The molecule has 2 nitrogen and oxygen atoms in total. The predicted octanol–water partition coefficient (Wildman–Crippen LogP) is 3.73. The smallest absolute Gasteiger partial charge is 0.0474 e. The van der Waals surface area contributed by atoms with Crippen molar-refractivity contribution in [3.05, 3.63) is 34.9 Å². The number of rotatable bonds is 4. The van der Waals surface area contributed by atoms with Gasteiger partial charge < -0.3 is 10.4 Å². The van der Waals surface area contributed by atoms with Crippen LogP contribution in [0.4, 0.5) is 0 Å². The maximum Gasteiger partial charge on any atom is 0.0474 e. The molecule has 0 heterocycles. The van der Waals surface area contributed by atoms with Crippen LogP contribution in [0, 0.1) is 5.92 Å². The van der Waals surface area contributed by atoms with Gasteiger partial charge in [-0.15, -0.1) is 0 Å². The number of benzene rings is 1. The van der Waals surface area contributed by atoms with E-state index in [1.165, 1.54) is 44.1 Å². The van der Waals surface area contributed by atoms with Crippen molar-refractivity contribution in [2.75, 3.05) is 6.61 Å². The summed E-state index contributed by atoms with van der Waals surface area (Å²) < 4.78 is 0. The zero-order valence-electron chi connectivity index (χ0n) is 11.9. The molecule has 0 spiro atoms. The van der Waals surface area contributed by atoms with Crippen LogP contribution >= 0.6 is 11.6 Å². The maximum atomic E-state index is 9.47. The molecule has 0 aromatic heterocycles. The summed E-state index contributed by atoms with van der Waals surface area (Å²) >= 11 is 5.93. The predicted molar refractivity (Wildman–Crippen MR) is 83.2 cm³/mol. The van der Waals surface area contributed by atoms with Gasteiger partial charge in [-0.2, -0.15) is 0 Å². The van der Waals surface area contributed by atoms with Crippen LogP contribution in [-0.2, 0) is 0 Å². The third-order valence-corrected chi connectivity index (χ3v) is 5.32. The van der Waals surface area contributed by atoms with Crippen LogP contribution in [0.15, 0.2) is 24.3 Å². The van der Waals surface area contributed by atoms with Gasteiger partial charge in [0, 0.05) is 23.7 Å². The van der Waals surface area contributed by atoms with Gasteiger partial charge in [-0.05, 0) is 55.2 Å². The van der Waals surface area contributed by atoms with Gasteiger partial charge in [0.15, 0.2) is 0 Å². The van der Waals surface area contributed by atoms with Gasteiger partial charge in [0.25, 0.3) is 0 Å². The molecule has 3 heteroatoms. The highest BCUT2D eigenvalue weighted by molar-refractivity contribution is 6.30. The molecule has 2 N–H and O–H groups in total. The van der Waals surface area contributed by atoms with Crippen LogP contribution in [-0.4, -0.2) is 23.8 Å². The average Bonchev–Trinajstić information content (AvgIpc) is 2.44. The van der Waals surface area contributed by atoms with Gasteiger partial charge in [-0.1, -0.05) is 36.6 Å². The molecule has 1 aromatic carbocycles. The molecule has 0 aliphatic heterocycles. The van der Waals surface area contributed by atoms with Crippen molar-refractivity contribution in [1.29, 1.82) is 0 Å². The Kier molecular flexibility index (Phi) is 4.65. The minimum atomic E-state index is 0.338. The lowest BCUT2D eigenvalue weighted by atomic mass is 9.74. The third-order valence-electron chi connectivity index (χ3n) is 5.07. The largest absolute Gasteiger partial charge is 0.396 e. The number of hydrogen-bond acceptors (Lipinski definition) is 2. The second-order valence-corrected chi connectivity index (χ2v) is 6.85. The molecule has 110 valence electrons. The quantitative estimate of drug-likeness (QED) is 0.886. The fourth-order valence-electron chi connectivity index (χ4n) is 3.71. The summed E-state index contributed by atoms with van der Waals surface area (Å²) in [6.45, 7) is 0.338. The molecule has 0 amide bonds. The zero-order valence-corrected chi connectivity index (χ0v) is 12.6. The van der Waals surface area contributed by atoms with Crippen LogP contribution < -0.4 is 5.32 Å². The van der Waals surface area contributed by atoms with Crippen molar-refractivity contribution in [3.63, 3.8) is 0 Å². The fourth-order valence-corrected chi connectivity index (χ4v) is 3.84. The van der Waals surface area contributed by atoms with Crippen LogP contribution in [0.25, 0.3) is 0 Å². The number of aliphatic hydroxyl groups excluding tert-OH is 1. The summed E-state index contributed by atoms with van der Waals surface area (Å²) in [6, 6.07) is 9.44. The van der Waals surface area contributed by atoms with Crippen molar-refractivity contribution in [1.82, 2.24) is 5.32 Å². The highest BCUT2D eigenvalue weighted by Crippen LogP contribution is 2.38. The number of halogens is 1. The number of hydrogen-bond donors (Lipinski definition) is 2. The van der Waals surface area contributed by atoms with Crippen LogP contribution in [0.2, 0.25) is 5.02 Å². The molecular formula is C17H24ClNO. The van der Waals surface area contributed by atoms with E-state index in [9.17, 15) is 5.11 Å². The lowest BCUT2D eigenvalue weighted by Gasteiger charge is -2.42. The van der Waals surface area contributed by atoms with E-state index in [0.29, 0.717) is 30.5 Å². The summed E-state index contributed by atoms with van der Waals surface area (Å²) in [5.41, 5.74) is 1.41. The standard InChI is InChI=1S/C17H24ClNO/c18-15-7-5-12(6-8-15)14-9-16(10-14)19-17-4-2-1-3-13(17)11-20/h5-8,13-14,16-17,19-20H,1-4,9-11H2. The molecule has 0 saturated heterocycles. The normalized spacial score (nSPS) is 33.7. The van der Waals surface area contributed by atoms with E-state index in [0.717, 1.165) is 5.02 Å². The van der Waals surface area contributed by atoms with Crippen LogP contribution in [0.1, 0.15) is 50.0 Å². The second-order valence-electron chi connectivity index (χ2n) is 6.42. The minimum Gasteiger partial charge on any atom is -0.396 e. The van der Waals surface area contributed by atoms with Crippen LogP contribution in [0.3, 0.4) is 0 Å². The summed E-state index contributed by atoms with van der Waals surface area (Å²) in [5, 5.41) is 14.1. The zero-order chi connectivity index (χ0) is 13.9. The highest BCUT2D eigenvalue weighted by atomic mass is 35.5. The van der Waals surface area contributed by atoms with Crippen molar-refractivity contribution in [2.24, 2.45) is 5.92 Å². The molecule has 20 heavy (non-hydrogen) atoms. The van der Waals surface area contributed by atoms with E-state index in [1.54, 1.807) is 0 Å². The van der Waals surface area contributed by atoms with Gasteiger partial charge in [0.05, 0.1) is 0 Å². The first-order valence-corrected chi connectivity index (χ1v) is 8.26. The molecule has 0 radical (unpaired) electrons. The second kappa shape index (κ2) is 6.46. The van der Waals surface area contributed by atoms with E-state index in [2.05, 4.69) is 17.4 Å². The van der Waals surface area contributed by atoms with E-state index in [4.69, 9.17) is 11.6 Å². The SMILES string of the molecule is OCC1CCCCC1NC1CC(c2ccc(Cl)cc2)C1. The molecular weight excluding hydrogens is 270 g/mol. The fraction of sp³-hybridized carbons (Fsp3) is 0.647. The maximum absolute atomic E-state index is 9.47. The lowest BCUT2D eigenvalue weighted by molar-refractivity contribution is 0.130. The van der Waals surface area contributed by atoms with Gasteiger partial charge in [-0.25, -0.2) is 0 Å². The Morgan fingerprint density at radius 3 is 2.50 bits per heavy atom. The number of aliphatic hydroxyl groups is 1. The average molecular weight is 294 g/mol. The van der Waals surface area contributed by atoms with E-state index in [1.807, 2.05) is 12.1 Å². The van der Waals surface area contributed by atoms with Crippen molar-refractivity contribution < 1.29 is 5.11 Å². The summed E-state index contributed by atoms with van der Waals surface area (Å²) in [5.74, 6) is 1.15. The molecule has 2 aliphatic rings. The van der Waals surface area contributed by atoms with E-state index in [-0.39, 0.29) is 0 Å². The highest BCUT2D eigenvalue weighted by Gasteiger charge is 2.34. The lowest BCUT2D eigenvalue weighted by Crippen LogP contribution is -2.50. The molecule has 3 rings (SSSR count). The Bertz CT molecular complexity index is 427.